The predicted octanol–water partition coefficient (Wildman–Crippen LogP) is 14.9. The average molecular weight is 880 g/mol. The zero-order chi connectivity index (χ0) is 45.6. The normalized spacial score (nSPS) is 12.9. The fourth-order valence-electron chi connectivity index (χ4n) is 12.1. The third-order valence-electron chi connectivity index (χ3n) is 14.9. The van der Waals surface area contributed by atoms with E-state index in [1.54, 1.807) is 0 Å². The van der Waals surface area contributed by atoms with E-state index in [4.69, 9.17) is 9.15 Å². The molecule has 0 fully saturated rings. The third-order valence-corrected chi connectivity index (χ3v) is 17.0. The van der Waals surface area contributed by atoms with Crippen molar-refractivity contribution in [1.29, 1.82) is 0 Å². The van der Waals surface area contributed by atoms with E-state index in [9.17, 15) is 0 Å². The molecular weight excluding hydrogens is 830 g/mol. The number of benzene rings is 10. The molecule has 3 nitrogen and oxygen atoms in total. The zero-order valence-corrected chi connectivity index (χ0v) is 40.4. The zero-order valence-electron chi connectivity index (χ0n) is 39.4. The van der Waals surface area contributed by atoms with Gasteiger partial charge in [-0.05, 0) is 127 Å². The molecule has 0 spiro atoms. The van der Waals surface area contributed by atoms with E-state index in [0.717, 1.165) is 61.4 Å². The van der Waals surface area contributed by atoms with Crippen LogP contribution in [0.3, 0.4) is 0 Å². The summed E-state index contributed by atoms with van der Waals surface area (Å²) in [7, 11) is -1.54. The van der Waals surface area contributed by atoms with Gasteiger partial charge in [0, 0.05) is 33.5 Å². The van der Waals surface area contributed by atoms with Crippen LogP contribution in [0.1, 0.15) is 27.8 Å². The van der Waals surface area contributed by atoms with Crippen LogP contribution in [0.25, 0.3) is 76.5 Å². The van der Waals surface area contributed by atoms with Crippen molar-refractivity contribution in [3.05, 3.63) is 186 Å². The van der Waals surface area contributed by atoms with Crippen molar-refractivity contribution in [2.24, 2.45) is 0 Å². The number of nitrogens with zero attached hydrogens (tertiary/aromatic N) is 1. The fourth-order valence-corrected chi connectivity index (χ4v) is 13.3. The number of furan rings is 1. The van der Waals surface area contributed by atoms with Crippen LogP contribution < -0.4 is 31.2 Å². The van der Waals surface area contributed by atoms with Gasteiger partial charge in [0.25, 0.3) is 0 Å². The first-order valence-corrected chi connectivity index (χ1v) is 27.2. The molecule has 0 aliphatic carbocycles. The van der Waals surface area contributed by atoms with Crippen LogP contribution in [0.15, 0.2) is 162 Å². The molecule has 0 saturated carbocycles. The van der Waals surface area contributed by atoms with E-state index in [1.165, 1.54) is 93.0 Å². The van der Waals surface area contributed by atoms with Crippen molar-refractivity contribution in [3.63, 3.8) is 0 Å². The Morgan fingerprint density at radius 1 is 0.448 bits per heavy atom. The number of aryl methyl sites for hydroxylation is 5. The number of fused-ring (bicyclic) bond motifs is 10. The van der Waals surface area contributed by atoms with Crippen LogP contribution in [-0.4, -0.2) is 14.8 Å². The summed E-state index contributed by atoms with van der Waals surface area (Å²) in [6, 6.07) is 58.9. The van der Waals surface area contributed by atoms with Gasteiger partial charge >= 0.3 is 0 Å². The molecule has 67 heavy (non-hydrogen) atoms. The number of rotatable bonds is 5. The first-order chi connectivity index (χ1) is 32.4. The topological polar surface area (TPSA) is 25.6 Å². The van der Waals surface area contributed by atoms with Gasteiger partial charge in [0.1, 0.15) is 17.1 Å². The van der Waals surface area contributed by atoms with Gasteiger partial charge in [0.2, 0.25) is 6.71 Å². The number of hydrogen-bond acceptors (Lipinski definition) is 3. The molecule has 2 aliphatic rings. The lowest BCUT2D eigenvalue weighted by molar-refractivity contribution is 0.487. The lowest BCUT2D eigenvalue weighted by Crippen LogP contribution is -2.57. The second kappa shape index (κ2) is 14.3. The van der Waals surface area contributed by atoms with Crippen LogP contribution in [0.2, 0.25) is 19.6 Å². The Morgan fingerprint density at radius 2 is 1.09 bits per heavy atom. The quantitative estimate of drug-likeness (QED) is 0.127. The first kappa shape index (κ1) is 40.0. The smallest absolute Gasteiger partial charge is 0.243 e. The van der Waals surface area contributed by atoms with Gasteiger partial charge in [-0.1, -0.05) is 172 Å². The van der Waals surface area contributed by atoms with E-state index in [0.29, 0.717) is 0 Å². The molecule has 13 rings (SSSR count). The Morgan fingerprint density at radius 3 is 1.87 bits per heavy atom. The molecular formula is C62H50BNO2Si. The molecule has 0 N–H and O–H groups in total. The van der Waals surface area contributed by atoms with Crippen molar-refractivity contribution >= 4 is 108 Å². The molecule has 1 aromatic heterocycles. The highest BCUT2D eigenvalue weighted by Crippen LogP contribution is 2.52. The monoisotopic (exact) mass is 879 g/mol. The summed E-state index contributed by atoms with van der Waals surface area (Å²) in [5.41, 5.74) is 20.6. The van der Waals surface area contributed by atoms with Crippen molar-refractivity contribution in [1.82, 2.24) is 0 Å². The molecule has 0 radical (unpaired) electrons. The van der Waals surface area contributed by atoms with Crippen molar-refractivity contribution in [2.75, 3.05) is 4.90 Å². The highest BCUT2D eigenvalue weighted by Gasteiger charge is 2.36. The summed E-state index contributed by atoms with van der Waals surface area (Å²) in [5, 5.41) is 11.2. The Hall–Kier alpha value is -7.34. The van der Waals surface area contributed by atoms with Crippen LogP contribution in [0, 0.1) is 34.6 Å². The SMILES string of the molecule is Cc1cc(C)c(B2c3c(C)cc(C)cc3-c3cccc4c3c2cc2c3cccc5c3c(cc42)-c2ccc(N(c3ccc([Si](C)(C)C)cc3)c3cccc4c3oc3ccccc34)cc2O5)c(C)c1. The average Bonchev–Trinajstić information content (AvgIpc) is 3.69. The number of para-hydroxylation sites is 2. The molecule has 0 unspecified atom stereocenters. The highest BCUT2D eigenvalue weighted by atomic mass is 28.3. The Balaban J connectivity index is 1.04. The Kier molecular flexibility index (Phi) is 8.55. The molecule has 10 aromatic carbocycles. The van der Waals surface area contributed by atoms with E-state index in [2.05, 4.69) is 211 Å². The maximum Gasteiger partial charge on any atom is 0.243 e. The second-order valence-electron chi connectivity index (χ2n) is 20.3. The number of anilines is 3. The highest BCUT2D eigenvalue weighted by molar-refractivity contribution is 6.99. The van der Waals surface area contributed by atoms with Gasteiger partial charge in [-0.15, -0.1) is 0 Å². The lowest BCUT2D eigenvalue weighted by Gasteiger charge is -2.32. The summed E-state index contributed by atoms with van der Waals surface area (Å²) in [4.78, 5) is 2.34. The van der Waals surface area contributed by atoms with Gasteiger partial charge in [-0.25, -0.2) is 0 Å². The summed E-state index contributed by atoms with van der Waals surface area (Å²) >= 11 is 0. The maximum atomic E-state index is 7.10. The van der Waals surface area contributed by atoms with E-state index in [-0.39, 0.29) is 6.71 Å². The summed E-state index contributed by atoms with van der Waals surface area (Å²) in [5.74, 6) is 1.72. The van der Waals surface area contributed by atoms with E-state index < -0.39 is 8.07 Å². The van der Waals surface area contributed by atoms with Gasteiger partial charge < -0.3 is 14.1 Å². The Labute approximate surface area is 393 Å². The first-order valence-electron chi connectivity index (χ1n) is 23.7. The summed E-state index contributed by atoms with van der Waals surface area (Å²) in [6.07, 6.45) is 0. The van der Waals surface area contributed by atoms with Gasteiger partial charge in [-0.2, -0.15) is 0 Å². The molecule has 0 saturated heterocycles. The van der Waals surface area contributed by atoms with Gasteiger partial charge in [0.15, 0.2) is 5.58 Å². The summed E-state index contributed by atoms with van der Waals surface area (Å²) < 4.78 is 13.8. The largest absolute Gasteiger partial charge is 0.456 e. The Bertz CT molecular complexity index is 3930. The number of hydrogen-bond donors (Lipinski definition) is 0. The molecule has 3 heterocycles. The number of ether oxygens (including phenoxy) is 1. The molecule has 322 valence electrons. The standard InChI is InChI=1S/C62H50BNO2Si/c1-35-28-37(3)60(38(4)29-35)63-53-34-50-46-17-13-21-56-59(46)51(33-49(50)45-15-11-16-47(58(45)53)52-31-36(2)30-39(5)61(52)63)44-27-24-41(32-57(44)65-56)64(40-22-25-42(26-23-40)67(6,7)8)54-19-12-18-48-43-14-9-10-20-55(43)66-62(48)54/h9-34H,1-8H3. The van der Waals surface area contributed by atoms with Crippen molar-refractivity contribution < 1.29 is 9.15 Å². The van der Waals surface area contributed by atoms with Crippen molar-refractivity contribution in [2.45, 2.75) is 54.3 Å². The van der Waals surface area contributed by atoms with Crippen LogP contribution >= 0.6 is 0 Å². The molecule has 2 aliphatic heterocycles. The van der Waals surface area contributed by atoms with Crippen LogP contribution in [-0.2, 0) is 0 Å². The van der Waals surface area contributed by atoms with Crippen molar-refractivity contribution in [3.8, 4) is 33.8 Å². The minimum Gasteiger partial charge on any atom is -0.456 e. The maximum absolute atomic E-state index is 7.10. The van der Waals surface area contributed by atoms with Gasteiger partial charge in [-0.3, -0.25) is 0 Å². The molecule has 0 amide bonds. The molecule has 5 heteroatoms. The van der Waals surface area contributed by atoms with E-state index in [1.807, 2.05) is 6.07 Å². The predicted molar refractivity (Wildman–Crippen MR) is 290 cm³/mol. The molecule has 0 atom stereocenters. The fraction of sp³-hybridized carbons (Fsp3) is 0.129. The minimum atomic E-state index is -1.54. The van der Waals surface area contributed by atoms with Crippen LogP contribution in [0.5, 0.6) is 11.5 Å². The second-order valence-corrected chi connectivity index (χ2v) is 25.4. The minimum absolute atomic E-state index is 0.0966. The molecule has 0 bridgehead atoms. The van der Waals surface area contributed by atoms with Gasteiger partial charge in [0.05, 0.1) is 19.4 Å². The summed E-state index contributed by atoms with van der Waals surface area (Å²) in [6.45, 7) is 18.7. The third kappa shape index (κ3) is 5.90. The van der Waals surface area contributed by atoms with E-state index >= 15 is 0 Å². The molecule has 11 aromatic rings. The lowest BCUT2D eigenvalue weighted by atomic mass is 9.32. The van der Waals surface area contributed by atoms with Crippen LogP contribution in [0.4, 0.5) is 17.1 Å².